The summed E-state index contributed by atoms with van der Waals surface area (Å²) in [6.45, 7) is 0.562. The van der Waals surface area contributed by atoms with Crippen molar-refractivity contribution in [2.24, 2.45) is 0 Å². The van der Waals surface area contributed by atoms with E-state index in [1.807, 2.05) is 28.8 Å². The van der Waals surface area contributed by atoms with Gasteiger partial charge in [-0.05, 0) is 61.3 Å². The van der Waals surface area contributed by atoms with Gasteiger partial charge in [0.1, 0.15) is 5.82 Å². The second kappa shape index (κ2) is 7.44. The fourth-order valence-electron chi connectivity index (χ4n) is 4.25. The molecule has 1 aliphatic carbocycles. The first kappa shape index (κ1) is 18.6. The zero-order valence-electron chi connectivity index (χ0n) is 16.6. The summed E-state index contributed by atoms with van der Waals surface area (Å²) in [5, 5.41) is 2.72. The fraction of sp³-hybridized carbons (Fsp3) is 0.364. The summed E-state index contributed by atoms with van der Waals surface area (Å²) in [5.41, 5.74) is 9.41. The van der Waals surface area contributed by atoms with Crippen molar-refractivity contribution < 1.29 is 9.59 Å². The number of carbonyl (C=O) groups excluding carboxylic acids is 2. The first-order valence-corrected chi connectivity index (χ1v) is 10.4. The molecule has 2 aliphatic rings. The van der Waals surface area contributed by atoms with E-state index in [1.165, 1.54) is 6.20 Å². The molecule has 0 bridgehead atoms. The third-order valence-electron chi connectivity index (χ3n) is 6.00. The van der Waals surface area contributed by atoms with Gasteiger partial charge in [0.25, 0.3) is 0 Å². The molecule has 8 heteroatoms. The molecule has 154 valence electrons. The normalized spacial score (nSPS) is 19.1. The lowest BCUT2D eigenvalue weighted by atomic mass is 9.96. The summed E-state index contributed by atoms with van der Waals surface area (Å²) in [4.78, 5) is 35.8. The molecule has 2 fully saturated rings. The number of fused-ring (bicyclic) bond motifs is 1. The van der Waals surface area contributed by atoms with E-state index in [9.17, 15) is 9.59 Å². The monoisotopic (exact) mass is 404 g/mol. The summed E-state index contributed by atoms with van der Waals surface area (Å²) in [6, 6.07) is 5.71. The van der Waals surface area contributed by atoms with Crippen LogP contribution in [-0.2, 0) is 9.59 Å². The lowest BCUT2D eigenvalue weighted by Gasteiger charge is -2.35. The number of anilines is 2. The topological polar surface area (TPSA) is 106 Å². The lowest BCUT2D eigenvalue weighted by Crippen LogP contribution is -2.44. The number of pyridine rings is 2. The molecule has 1 aliphatic heterocycles. The van der Waals surface area contributed by atoms with Crippen LogP contribution in [-0.4, -0.2) is 37.6 Å². The number of hydrogen-bond acceptors (Lipinski definition) is 5. The molecular weight excluding hydrogens is 380 g/mol. The van der Waals surface area contributed by atoms with Gasteiger partial charge in [0.15, 0.2) is 0 Å². The van der Waals surface area contributed by atoms with Crippen molar-refractivity contribution in [3.63, 3.8) is 0 Å². The van der Waals surface area contributed by atoms with Crippen LogP contribution in [0.5, 0.6) is 0 Å². The molecule has 3 aromatic rings. The predicted molar refractivity (Wildman–Crippen MR) is 113 cm³/mol. The SMILES string of the molecule is Nc1ncc(NC(=O)C(=O)N2CCCC[C@H]2c2ccc3cncn3c2)cc1C1CC1. The Morgan fingerprint density at radius 3 is 2.83 bits per heavy atom. The summed E-state index contributed by atoms with van der Waals surface area (Å²) >= 11 is 0. The van der Waals surface area contributed by atoms with Crippen LogP contribution in [0.2, 0.25) is 0 Å². The van der Waals surface area contributed by atoms with E-state index in [-0.39, 0.29) is 6.04 Å². The second-order valence-corrected chi connectivity index (χ2v) is 8.13. The average molecular weight is 404 g/mol. The fourth-order valence-corrected chi connectivity index (χ4v) is 4.25. The van der Waals surface area contributed by atoms with Gasteiger partial charge in [0.2, 0.25) is 0 Å². The third kappa shape index (κ3) is 3.49. The van der Waals surface area contributed by atoms with Crippen LogP contribution in [0.4, 0.5) is 11.5 Å². The van der Waals surface area contributed by atoms with Crippen LogP contribution in [0, 0.1) is 0 Å². The number of nitrogens with zero attached hydrogens (tertiary/aromatic N) is 4. The van der Waals surface area contributed by atoms with E-state index < -0.39 is 11.8 Å². The number of imidazole rings is 1. The number of nitrogen functional groups attached to an aromatic ring is 1. The van der Waals surface area contributed by atoms with Gasteiger partial charge < -0.3 is 20.4 Å². The van der Waals surface area contributed by atoms with E-state index in [0.29, 0.717) is 24.0 Å². The molecule has 0 unspecified atom stereocenters. The number of piperidine rings is 1. The molecule has 30 heavy (non-hydrogen) atoms. The van der Waals surface area contributed by atoms with E-state index in [0.717, 1.165) is 48.7 Å². The number of rotatable bonds is 3. The molecule has 3 aromatic heterocycles. The highest BCUT2D eigenvalue weighted by Gasteiger charge is 2.32. The highest BCUT2D eigenvalue weighted by atomic mass is 16.2. The third-order valence-corrected chi connectivity index (χ3v) is 6.00. The molecule has 8 nitrogen and oxygen atoms in total. The number of amides is 2. The Hall–Kier alpha value is -3.42. The van der Waals surface area contributed by atoms with Gasteiger partial charge in [0.05, 0.1) is 36.0 Å². The van der Waals surface area contributed by atoms with Gasteiger partial charge in [-0.15, -0.1) is 0 Å². The largest absolute Gasteiger partial charge is 0.383 e. The molecule has 1 atom stereocenters. The van der Waals surface area contributed by atoms with Crippen molar-refractivity contribution >= 4 is 28.8 Å². The standard InChI is InChI=1S/C22H24N6O2/c23-20-18(14-4-5-14)9-16(10-25-20)26-21(29)22(30)28-8-2-1-3-19(28)15-6-7-17-11-24-13-27(17)12-15/h6-7,9-14,19H,1-5,8H2,(H2,23,25)(H,26,29)/t19-/m0/s1. The minimum Gasteiger partial charge on any atom is -0.383 e. The maximum atomic E-state index is 13.0. The Labute approximate surface area is 174 Å². The van der Waals surface area contributed by atoms with E-state index in [1.54, 1.807) is 17.4 Å². The van der Waals surface area contributed by atoms with Crippen molar-refractivity contribution in [3.8, 4) is 0 Å². The lowest BCUT2D eigenvalue weighted by molar-refractivity contribution is -0.145. The van der Waals surface area contributed by atoms with Gasteiger partial charge in [0, 0.05) is 12.7 Å². The number of hydrogen-bond donors (Lipinski definition) is 2. The molecule has 1 saturated heterocycles. The minimum absolute atomic E-state index is 0.129. The molecule has 2 amide bonds. The maximum Gasteiger partial charge on any atom is 0.313 e. The van der Waals surface area contributed by atoms with Crippen molar-refractivity contribution in [2.75, 3.05) is 17.6 Å². The molecule has 0 spiro atoms. The average Bonchev–Trinajstić information content (AvgIpc) is 3.50. The summed E-state index contributed by atoms with van der Waals surface area (Å²) in [5.74, 6) is -0.253. The Morgan fingerprint density at radius 2 is 2.00 bits per heavy atom. The number of nitrogens with two attached hydrogens (primary N) is 1. The number of aromatic nitrogens is 3. The summed E-state index contributed by atoms with van der Waals surface area (Å²) < 4.78 is 1.94. The summed E-state index contributed by atoms with van der Waals surface area (Å²) in [7, 11) is 0. The van der Waals surface area contributed by atoms with Gasteiger partial charge in [-0.25, -0.2) is 9.97 Å². The smallest absolute Gasteiger partial charge is 0.313 e. The van der Waals surface area contributed by atoms with Gasteiger partial charge in [-0.2, -0.15) is 0 Å². The molecule has 4 heterocycles. The van der Waals surface area contributed by atoms with Crippen molar-refractivity contribution in [3.05, 3.63) is 54.2 Å². The van der Waals surface area contributed by atoms with Gasteiger partial charge in [-0.1, -0.05) is 6.07 Å². The Kier molecular flexibility index (Phi) is 4.61. The molecule has 5 rings (SSSR count). The predicted octanol–water partition coefficient (Wildman–Crippen LogP) is 2.88. The zero-order chi connectivity index (χ0) is 20.7. The van der Waals surface area contributed by atoms with Crippen molar-refractivity contribution in [2.45, 2.75) is 44.1 Å². The van der Waals surface area contributed by atoms with Crippen LogP contribution in [0.15, 0.2) is 43.1 Å². The van der Waals surface area contributed by atoms with Crippen LogP contribution in [0.1, 0.15) is 55.2 Å². The number of likely N-dealkylation sites (tertiary alicyclic amines) is 1. The molecule has 3 N–H and O–H groups in total. The first-order chi connectivity index (χ1) is 14.6. The van der Waals surface area contributed by atoms with Crippen LogP contribution in [0.3, 0.4) is 0 Å². The highest BCUT2D eigenvalue weighted by Crippen LogP contribution is 2.42. The minimum atomic E-state index is -0.640. The summed E-state index contributed by atoms with van der Waals surface area (Å²) in [6.07, 6.45) is 11.9. The number of nitrogens with one attached hydrogen (secondary N) is 1. The Balaban J connectivity index is 1.35. The highest BCUT2D eigenvalue weighted by molar-refractivity contribution is 6.39. The van der Waals surface area contributed by atoms with E-state index in [2.05, 4.69) is 15.3 Å². The van der Waals surface area contributed by atoms with Gasteiger partial charge >= 0.3 is 11.8 Å². The number of carbonyl (C=O) groups is 2. The first-order valence-electron chi connectivity index (χ1n) is 10.4. The quantitative estimate of drug-likeness (QED) is 0.653. The van der Waals surface area contributed by atoms with Crippen molar-refractivity contribution in [1.29, 1.82) is 0 Å². The van der Waals surface area contributed by atoms with Crippen LogP contribution in [0.25, 0.3) is 5.52 Å². The Bertz CT molecular complexity index is 1120. The van der Waals surface area contributed by atoms with E-state index in [4.69, 9.17) is 5.73 Å². The van der Waals surface area contributed by atoms with E-state index >= 15 is 0 Å². The molecule has 0 aromatic carbocycles. The zero-order valence-corrected chi connectivity index (χ0v) is 16.6. The van der Waals surface area contributed by atoms with Gasteiger partial charge in [-0.3, -0.25) is 9.59 Å². The van der Waals surface area contributed by atoms with Crippen LogP contribution >= 0.6 is 0 Å². The molecule has 0 radical (unpaired) electrons. The molecule has 1 saturated carbocycles. The second-order valence-electron chi connectivity index (χ2n) is 8.13. The van der Waals surface area contributed by atoms with Crippen molar-refractivity contribution in [1.82, 2.24) is 19.3 Å². The molecular formula is C22H24N6O2. The van der Waals surface area contributed by atoms with Crippen LogP contribution < -0.4 is 11.1 Å². The maximum absolute atomic E-state index is 13.0. The Morgan fingerprint density at radius 1 is 1.13 bits per heavy atom.